The summed E-state index contributed by atoms with van der Waals surface area (Å²) in [4.78, 5) is 51.5. The molecule has 2 N–H and O–H groups in total. The molecule has 4 aliphatic rings. The summed E-state index contributed by atoms with van der Waals surface area (Å²) >= 11 is 1.70. The third kappa shape index (κ3) is 7.12. The highest BCUT2D eigenvalue weighted by molar-refractivity contribution is 7.99. The monoisotopic (exact) mass is 553 g/mol. The average Bonchev–Trinajstić information content (AvgIpc) is 3.16. The molecular formula is C31H43N3O4S. The van der Waals surface area contributed by atoms with Gasteiger partial charge in [-0.1, -0.05) is 38.5 Å². The van der Waals surface area contributed by atoms with Crippen LogP contribution >= 0.6 is 11.8 Å². The maximum atomic E-state index is 13.0. The Hall–Kier alpha value is -2.19. The molecule has 5 rings (SSSR count). The number of nitrogens with zero attached hydrogens (tertiary/aromatic N) is 1. The fourth-order valence-corrected chi connectivity index (χ4v) is 8.10. The van der Waals surface area contributed by atoms with E-state index in [1.165, 1.54) is 77.2 Å². The lowest BCUT2D eigenvalue weighted by Gasteiger charge is -2.39. The minimum absolute atomic E-state index is 0.128. The fourth-order valence-electron chi connectivity index (χ4n) is 7.15. The summed E-state index contributed by atoms with van der Waals surface area (Å²) in [6, 6.07) is 4.43. The van der Waals surface area contributed by atoms with E-state index in [2.05, 4.69) is 10.6 Å². The number of hydrogen-bond acceptors (Lipinski definition) is 6. The van der Waals surface area contributed by atoms with Crippen molar-refractivity contribution in [3.8, 4) is 0 Å². The number of imide groups is 2. The van der Waals surface area contributed by atoms with Crippen molar-refractivity contribution in [3.63, 3.8) is 0 Å². The van der Waals surface area contributed by atoms with Crippen molar-refractivity contribution in [3.05, 3.63) is 29.3 Å². The Morgan fingerprint density at radius 3 is 2.38 bits per heavy atom. The normalized spacial score (nSPS) is 26.6. The van der Waals surface area contributed by atoms with E-state index in [1.54, 1.807) is 23.9 Å². The Kier molecular flexibility index (Phi) is 9.77. The molecule has 1 saturated heterocycles. The lowest BCUT2D eigenvalue weighted by Crippen LogP contribution is -2.54. The van der Waals surface area contributed by atoms with E-state index in [0.717, 1.165) is 46.3 Å². The smallest absolute Gasteiger partial charge is 0.262 e. The van der Waals surface area contributed by atoms with Gasteiger partial charge in [0.15, 0.2) is 0 Å². The van der Waals surface area contributed by atoms with E-state index >= 15 is 0 Å². The van der Waals surface area contributed by atoms with Crippen molar-refractivity contribution in [2.24, 2.45) is 17.8 Å². The molecule has 0 spiro atoms. The van der Waals surface area contributed by atoms with Crippen LogP contribution in [0.15, 0.2) is 23.1 Å². The summed E-state index contributed by atoms with van der Waals surface area (Å²) in [5, 5.41) is 5.91. The Balaban J connectivity index is 0.932. The van der Waals surface area contributed by atoms with Crippen LogP contribution in [-0.4, -0.2) is 53.4 Å². The van der Waals surface area contributed by atoms with Crippen LogP contribution in [-0.2, 0) is 9.59 Å². The van der Waals surface area contributed by atoms with Crippen LogP contribution < -0.4 is 10.6 Å². The van der Waals surface area contributed by atoms with Crippen LogP contribution in [0.3, 0.4) is 0 Å². The molecule has 3 fully saturated rings. The quantitative estimate of drug-likeness (QED) is 0.195. The number of piperidine rings is 1. The minimum Gasteiger partial charge on any atom is -0.317 e. The van der Waals surface area contributed by atoms with Gasteiger partial charge in [0.25, 0.3) is 11.8 Å². The summed E-state index contributed by atoms with van der Waals surface area (Å²) in [6.45, 7) is 2.31. The number of rotatable bonds is 13. The van der Waals surface area contributed by atoms with Crippen molar-refractivity contribution >= 4 is 35.4 Å². The average molecular weight is 554 g/mol. The van der Waals surface area contributed by atoms with Gasteiger partial charge < -0.3 is 5.32 Å². The van der Waals surface area contributed by atoms with Gasteiger partial charge in [0.2, 0.25) is 11.8 Å². The number of nitrogens with one attached hydrogen (secondary N) is 2. The van der Waals surface area contributed by atoms with Gasteiger partial charge in [0, 0.05) is 11.3 Å². The molecule has 2 heterocycles. The van der Waals surface area contributed by atoms with Crippen LogP contribution in [0.5, 0.6) is 0 Å². The van der Waals surface area contributed by atoms with E-state index in [1.807, 2.05) is 6.07 Å². The Morgan fingerprint density at radius 1 is 0.846 bits per heavy atom. The van der Waals surface area contributed by atoms with Gasteiger partial charge in [0.1, 0.15) is 6.04 Å². The van der Waals surface area contributed by atoms with Crippen molar-refractivity contribution in [1.29, 1.82) is 0 Å². The molecule has 0 aromatic heterocycles. The molecule has 2 aliphatic carbocycles. The molecule has 7 nitrogen and oxygen atoms in total. The topological polar surface area (TPSA) is 95.6 Å². The number of carbonyl (C=O) groups is 4. The van der Waals surface area contributed by atoms with Gasteiger partial charge in [0.05, 0.1) is 11.1 Å². The molecular weight excluding hydrogens is 510 g/mol. The molecule has 2 aliphatic heterocycles. The predicted molar refractivity (Wildman–Crippen MR) is 153 cm³/mol. The zero-order valence-electron chi connectivity index (χ0n) is 23.1. The fraction of sp³-hybridized carbons (Fsp3) is 0.677. The van der Waals surface area contributed by atoms with Gasteiger partial charge >= 0.3 is 0 Å². The Labute approximate surface area is 236 Å². The van der Waals surface area contributed by atoms with Gasteiger partial charge in [-0.2, -0.15) is 0 Å². The molecule has 212 valence electrons. The molecule has 2 bridgehead atoms. The molecule has 1 aromatic rings. The van der Waals surface area contributed by atoms with E-state index in [-0.39, 0.29) is 18.7 Å². The van der Waals surface area contributed by atoms with E-state index < -0.39 is 23.8 Å². The lowest BCUT2D eigenvalue weighted by atomic mass is 9.67. The molecule has 2 saturated carbocycles. The first-order valence-electron chi connectivity index (χ1n) is 15.2. The number of carbonyl (C=O) groups excluding carboxylic acids is 4. The van der Waals surface area contributed by atoms with Crippen molar-refractivity contribution in [2.75, 3.05) is 18.8 Å². The highest BCUT2D eigenvalue weighted by Crippen LogP contribution is 2.43. The molecule has 0 radical (unpaired) electrons. The molecule has 3 atom stereocenters. The second kappa shape index (κ2) is 13.4. The van der Waals surface area contributed by atoms with Crippen LogP contribution in [0.4, 0.5) is 0 Å². The molecule has 39 heavy (non-hydrogen) atoms. The van der Waals surface area contributed by atoms with Crippen LogP contribution in [0, 0.1) is 17.8 Å². The van der Waals surface area contributed by atoms with Gasteiger partial charge in [-0.05, 0) is 99.7 Å². The zero-order chi connectivity index (χ0) is 27.2. The maximum Gasteiger partial charge on any atom is 0.262 e. The summed E-state index contributed by atoms with van der Waals surface area (Å²) in [6.07, 6.45) is 16.7. The van der Waals surface area contributed by atoms with Crippen LogP contribution in [0.1, 0.15) is 111 Å². The van der Waals surface area contributed by atoms with Crippen LogP contribution in [0.25, 0.3) is 0 Å². The maximum absolute atomic E-state index is 13.0. The van der Waals surface area contributed by atoms with Crippen molar-refractivity contribution in [2.45, 2.75) is 101 Å². The summed E-state index contributed by atoms with van der Waals surface area (Å²) in [7, 11) is 0. The molecule has 3 unspecified atom stereocenters. The number of amides is 4. The second-order valence-electron chi connectivity index (χ2n) is 12.0. The number of hydrogen-bond donors (Lipinski definition) is 2. The van der Waals surface area contributed by atoms with E-state index in [9.17, 15) is 19.2 Å². The summed E-state index contributed by atoms with van der Waals surface area (Å²) < 4.78 is 0. The Bertz CT molecular complexity index is 1060. The highest BCUT2D eigenvalue weighted by Gasteiger charge is 2.44. The van der Waals surface area contributed by atoms with Gasteiger partial charge in [-0.25, -0.2) is 0 Å². The van der Waals surface area contributed by atoms with E-state index in [0.29, 0.717) is 11.1 Å². The largest absolute Gasteiger partial charge is 0.317 e. The lowest BCUT2D eigenvalue weighted by molar-refractivity contribution is -0.136. The third-order valence-corrected chi connectivity index (χ3v) is 10.2. The zero-order valence-corrected chi connectivity index (χ0v) is 23.9. The Morgan fingerprint density at radius 2 is 1.59 bits per heavy atom. The number of fused-ring (bicyclic) bond motifs is 3. The van der Waals surface area contributed by atoms with Gasteiger partial charge in [-0.3, -0.25) is 29.4 Å². The predicted octanol–water partition coefficient (Wildman–Crippen LogP) is 5.33. The van der Waals surface area contributed by atoms with Crippen molar-refractivity contribution < 1.29 is 19.2 Å². The molecule has 1 aromatic carbocycles. The number of unbranched alkanes of at least 4 members (excludes halogenated alkanes) is 4. The first kappa shape index (κ1) is 28.3. The SMILES string of the molecule is O=C1CCC(N2C(=O)c3ccc(SCCCCCCCNCCC4CC5CCCC(C5)C4)cc3C2=O)C(=O)N1. The molecule has 8 heteroatoms. The van der Waals surface area contributed by atoms with E-state index in [4.69, 9.17) is 0 Å². The third-order valence-electron chi connectivity index (χ3n) is 9.13. The second-order valence-corrected chi connectivity index (χ2v) is 13.2. The first-order chi connectivity index (χ1) is 19.0. The van der Waals surface area contributed by atoms with Gasteiger partial charge in [-0.15, -0.1) is 11.8 Å². The summed E-state index contributed by atoms with van der Waals surface area (Å²) in [5.41, 5.74) is 0.692. The highest BCUT2D eigenvalue weighted by atomic mass is 32.2. The van der Waals surface area contributed by atoms with Crippen LogP contribution in [0.2, 0.25) is 0 Å². The van der Waals surface area contributed by atoms with Crippen molar-refractivity contribution in [1.82, 2.24) is 15.5 Å². The summed E-state index contributed by atoms with van der Waals surface area (Å²) in [5.74, 6) is 2.17. The first-order valence-corrected chi connectivity index (χ1v) is 16.2. The minimum atomic E-state index is -0.919. The number of thioether (sulfide) groups is 1. The molecule has 4 amide bonds. The number of benzene rings is 1. The standard InChI is InChI=1S/C31H43N3O4S/c35-28-12-11-27(29(36)33-28)34-30(37)25-10-9-24(20-26(25)31(34)38)39-16-5-3-1-2-4-14-32-15-13-23-18-21-7-6-8-22(17-21)19-23/h9-10,20-23,27,32H,1-8,11-19H2,(H,33,35,36).